The summed E-state index contributed by atoms with van der Waals surface area (Å²) in [6, 6.07) is 7.03. The van der Waals surface area contributed by atoms with Crippen molar-refractivity contribution in [3.63, 3.8) is 0 Å². The highest BCUT2D eigenvalue weighted by Gasteiger charge is 1.94. The molecule has 0 fully saturated rings. The summed E-state index contributed by atoms with van der Waals surface area (Å²) in [5.74, 6) is 0.212. The fourth-order valence-corrected chi connectivity index (χ4v) is 0.828. The van der Waals surface area contributed by atoms with E-state index in [0.29, 0.717) is 12.4 Å². The maximum atomic E-state index is 12.6. The van der Waals surface area contributed by atoms with E-state index in [1.807, 2.05) is 0 Å². The van der Waals surface area contributed by atoms with Gasteiger partial charge in [0, 0.05) is 12.1 Å². The minimum Gasteiger partial charge on any atom is -0.493 e. The van der Waals surface area contributed by atoms with Gasteiger partial charge in [-0.2, -0.15) is 0 Å². The van der Waals surface area contributed by atoms with Crippen LogP contribution in [0.1, 0.15) is 19.8 Å². The van der Waals surface area contributed by atoms with Gasteiger partial charge in [-0.05, 0) is 18.6 Å². The molecule has 0 aromatic heterocycles. The lowest BCUT2D eigenvalue weighted by Gasteiger charge is -2.03. The SMILES string of the molecule is CCCCOc1[c]ccc(F)c1. The lowest BCUT2D eigenvalue weighted by Crippen LogP contribution is -1.96. The van der Waals surface area contributed by atoms with Gasteiger partial charge in [0.25, 0.3) is 0 Å². The van der Waals surface area contributed by atoms with Crippen LogP contribution < -0.4 is 4.74 Å². The Balaban J connectivity index is 2.41. The molecule has 2 heteroatoms. The normalized spacial score (nSPS) is 9.83. The Labute approximate surface area is 72.2 Å². The van der Waals surface area contributed by atoms with E-state index in [4.69, 9.17) is 4.74 Å². The van der Waals surface area contributed by atoms with Crippen molar-refractivity contribution in [1.82, 2.24) is 0 Å². The maximum Gasteiger partial charge on any atom is 0.130 e. The molecule has 0 saturated carbocycles. The van der Waals surface area contributed by atoms with Gasteiger partial charge in [0.05, 0.1) is 6.61 Å². The van der Waals surface area contributed by atoms with Crippen LogP contribution in [0.2, 0.25) is 0 Å². The highest BCUT2D eigenvalue weighted by atomic mass is 19.1. The fraction of sp³-hybridized carbons (Fsp3) is 0.400. The van der Waals surface area contributed by atoms with Crippen LogP contribution in [0, 0.1) is 11.9 Å². The third-order valence-electron chi connectivity index (χ3n) is 1.49. The molecule has 0 spiro atoms. The molecule has 0 aliphatic heterocycles. The van der Waals surface area contributed by atoms with Crippen molar-refractivity contribution in [2.45, 2.75) is 19.8 Å². The van der Waals surface area contributed by atoms with Crippen LogP contribution in [0.25, 0.3) is 0 Å². The molecule has 0 amide bonds. The Morgan fingerprint density at radius 2 is 2.42 bits per heavy atom. The number of hydrogen-bond donors (Lipinski definition) is 0. The van der Waals surface area contributed by atoms with Crippen LogP contribution in [-0.4, -0.2) is 6.61 Å². The second-order valence-electron chi connectivity index (χ2n) is 2.57. The molecule has 65 valence electrons. The van der Waals surface area contributed by atoms with Gasteiger partial charge in [-0.15, -0.1) is 0 Å². The van der Waals surface area contributed by atoms with E-state index < -0.39 is 0 Å². The first kappa shape index (κ1) is 9.04. The van der Waals surface area contributed by atoms with Gasteiger partial charge in [-0.25, -0.2) is 4.39 Å². The van der Waals surface area contributed by atoms with E-state index in [9.17, 15) is 4.39 Å². The third kappa shape index (κ3) is 2.91. The van der Waals surface area contributed by atoms with Crippen LogP contribution in [-0.2, 0) is 0 Å². The summed E-state index contributed by atoms with van der Waals surface area (Å²) in [6.45, 7) is 2.72. The average Bonchev–Trinajstić information content (AvgIpc) is 2.05. The lowest BCUT2D eigenvalue weighted by atomic mass is 10.3. The molecule has 1 aromatic rings. The summed E-state index contributed by atoms with van der Waals surface area (Å²) in [5.41, 5.74) is 0. The van der Waals surface area contributed by atoms with E-state index in [1.54, 1.807) is 0 Å². The molecule has 0 saturated heterocycles. The molecular weight excluding hydrogens is 155 g/mol. The first-order chi connectivity index (χ1) is 5.83. The second-order valence-corrected chi connectivity index (χ2v) is 2.57. The van der Waals surface area contributed by atoms with Crippen LogP contribution >= 0.6 is 0 Å². The first-order valence-corrected chi connectivity index (χ1v) is 4.13. The Hall–Kier alpha value is -1.05. The van der Waals surface area contributed by atoms with Crippen molar-refractivity contribution in [3.05, 3.63) is 30.1 Å². The molecule has 12 heavy (non-hydrogen) atoms. The van der Waals surface area contributed by atoms with Gasteiger partial charge in [0.15, 0.2) is 0 Å². The zero-order chi connectivity index (χ0) is 8.81. The molecule has 0 heterocycles. The molecule has 0 atom stereocenters. The summed E-state index contributed by atoms with van der Waals surface area (Å²) in [5, 5.41) is 0. The van der Waals surface area contributed by atoms with E-state index in [2.05, 4.69) is 13.0 Å². The number of ether oxygens (including phenoxy) is 1. The molecular formula is C10H12FO. The Morgan fingerprint density at radius 1 is 1.58 bits per heavy atom. The molecule has 1 radical (unpaired) electrons. The van der Waals surface area contributed by atoms with Gasteiger partial charge in [0.2, 0.25) is 0 Å². The Morgan fingerprint density at radius 3 is 3.08 bits per heavy atom. The smallest absolute Gasteiger partial charge is 0.130 e. The van der Waals surface area contributed by atoms with E-state index >= 15 is 0 Å². The van der Waals surface area contributed by atoms with E-state index in [0.717, 1.165) is 12.8 Å². The van der Waals surface area contributed by atoms with Gasteiger partial charge in [-0.3, -0.25) is 0 Å². The minimum absolute atomic E-state index is 0.278. The predicted molar refractivity (Wildman–Crippen MR) is 45.6 cm³/mol. The summed E-state index contributed by atoms with van der Waals surface area (Å²) >= 11 is 0. The van der Waals surface area contributed by atoms with Gasteiger partial charge in [-0.1, -0.05) is 13.3 Å². The van der Waals surface area contributed by atoms with Crippen molar-refractivity contribution in [1.29, 1.82) is 0 Å². The van der Waals surface area contributed by atoms with Crippen LogP contribution in [0.15, 0.2) is 18.2 Å². The van der Waals surface area contributed by atoms with E-state index in [-0.39, 0.29) is 5.82 Å². The van der Waals surface area contributed by atoms with Gasteiger partial charge in [0.1, 0.15) is 11.6 Å². The first-order valence-electron chi connectivity index (χ1n) is 4.13. The van der Waals surface area contributed by atoms with Crippen LogP contribution in [0.4, 0.5) is 4.39 Å². The Bertz CT molecular complexity index is 235. The molecule has 0 aliphatic carbocycles. The highest BCUT2D eigenvalue weighted by molar-refractivity contribution is 5.20. The Kier molecular flexibility index (Phi) is 3.58. The summed E-state index contributed by atoms with van der Waals surface area (Å²) in [6.07, 6.45) is 2.07. The second kappa shape index (κ2) is 4.75. The van der Waals surface area contributed by atoms with Crippen molar-refractivity contribution in [3.8, 4) is 5.75 Å². The number of benzene rings is 1. The monoisotopic (exact) mass is 167 g/mol. The van der Waals surface area contributed by atoms with Crippen molar-refractivity contribution >= 4 is 0 Å². The van der Waals surface area contributed by atoms with Gasteiger partial charge < -0.3 is 4.74 Å². The third-order valence-corrected chi connectivity index (χ3v) is 1.49. The predicted octanol–water partition coefficient (Wildman–Crippen LogP) is 2.80. The molecule has 0 bridgehead atoms. The zero-order valence-corrected chi connectivity index (χ0v) is 7.14. The van der Waals surface area contributed by atoms with Crippen molar-refractivity contribution in [2.24, 2.45) is 0 Å². The van der Waals surface area contributed by atoms with Crippen molar-refractivity contribution < 1.29 is 9.13 Å². The largest absolute Gasteiger partial charge is 0.493 e. The summed E-state index contributed by atoms with van der Waals surface area (Å²) in [4.78, 5) is 0. The number of rotatable bonds is 4. The standard InChI is InChI=1S/C10H12FO/c1-2-3-7-12-10-6-4-5-9(11)8-10/h4-5,8H,2-3,7H2,1H3. The molecule has 0 N–H and O–H groups in total. The fourth-order valence-electron chi connectivity index (χ4n) is 0.828. The lowest BCUT2D eigenvalue weighted by molar-refractivity contribution is 0.307. The minimum atomic E-state index is -0.278. The van der Waals surface area contributed by atoms with Gasteiger partial charge >= 0.3 is 0 Å². The van der Waals surface area contributed by atoms with E-state index in [1.165, 1.54) is 18.2 Å². The van der Waals surface area contributed by atoms with Crippen molar-refractivity contribution in [2.75, 3.05) is 6.61 Å². The maximum absolute atomic E-state index is 12.6. The summed E-state index contributed by atoms with van der Waals surface area (Å²) in [7, 11) is 0. The topological polar surface area (TPSA) is 9.23 Å². The molecule has 0 aliphatic rings. The number of unbranched alkanes of at least 4 members (excludes halogenated alkanes) is 1. The average molecular weight is 167 g/mol. The molecule has 1 rings (SSSR count). The summed E-state index contributed by atoms with van der Waals surface area (Å²) < 4.78 is 17.8. The number of halogens is 1. The molecule has 1 nitrogen and oxygen atoms in total. The van der Waals surface area contributed by atoms with Crippen LogP contribution in [0.3, 0.4) is 0 Å². The number of hydrogen-bond acceptors (Lipinski definition) is 1. The molecule has 0 unspecified atom stereocenters. The molecule has 1 aromatic carbocycles. The zero-order valence-electron chi connectivity index (χ0n) is 7.14. The highest BCUT2D eigenvalue weighted by Crippen LogP contribution is 2.11. The quantitative estimate of drug-likeness (QED) is 0.626. The van der Waals surface area contributed by atoms with Crippen LogP contribution in [0.5, 0.6) is 5.75 Å².